The number of benzene rings is 2. The summed E-state index contributed by atoms with van der Waals surface area (Å²) in [6.45, 7) is 0.330. The van der Waals surface area contributed by atoms with E-state index in [1.54, 1.807) is 12.1 Å². The second-order valence-electron chi connectivity index (χ2n) is 7.32. The molecule has 0 spiro atoms. The first-order valence-electron chi connectivity index (χ1n) is 9.86. The summed E-state index contributed by atoms with van der Waals surface area (Å²) in [5, 5.41) is 0. The van der Waals surface area contributed by atoms with Crippen molar-refractivity contribution in [2.75, 3.05) is 18.0 Å². The van der Waals surface area contributed by atoms with Gasteiger partial charge in [0, 0.05) is 24.7 Å². The molecule has 0 atom stereocenters. The van der Waals surface area contributed by atoms with E-state index in [0.717, 1.165) is 35.2 Å². The summed E-state index contributed by atoms with van der Waals surface area (Å²) in [6, 6.07) is 8.83. The second-order valence-corrected chi connectivity index (χ2v) is 9.23. The maximum Gasteiger partial charge on any atom is 0.258 e. The Bertz CT molecular complexity index is 1240. The van der Waals surface area contributed by atoms with Crippen LogP contribution >= 0.6 is 0 Å². The van der Waals surface area contributed by atoms with Crippen LogP contribution in [-0.4, -0.2) is 31.7 Å². The molecule has 0 N–H and O–H groups in total. The van der Waals surface area contributed by atoms with Crippen molar-refractivity contribution >= 4 is 21.6 Å². The Morgan fingerprint density at radius 1 is 1.00 bits per heavy atom. The van der Waals surface area contributed by atoms with Crippen molar-refractivity contribution in [3.05, 3.63) is 83.6 Å². The Morgan fingerprint density at radius 2 is 1.75 bits per heavy atom. The van der Waals surface area contributed by atoms with Gasteiger partial charge in [-0.1, -0.05) is 0 Å². The number of sulfonamides is 1. The van der Waals surface area contributed by atoms with E-state index in [2.05, 4.69) is 0 Å². The van der Waals surface area contributed by atoms with Gasteiger partial charge in [0.15, 0.2) is 0 Å². The molecule has 1 aromatic heterocycles. The van der Waals surface area contributed by atoms with Gasteiger partial charge in [-0.15, -0.1) is 0 Å². The van der Waals surface area contributed by atoms with Crippen LogP contribution in [0.25, 0.3) is 0 Å². The Balaban J connectivity index is 1.75. The van der Waals surface area contributed by atoms with Crippen LogP contribution in [0.5, 0.6) is 0 Å². The molecule has 0 aliphatic carbocycles. The van der Waals surface area contributed by atoms with Gasteiger partial charge in [0.25, 0.3) is 5.91 Å². The number of amides is 1. The average molecular weight is 464 g/mol. The van der Waals surface area contributed by atoms with E-state index in [1.165, 1.54) is 10.6 Å². The van der Waals surface area contributed by atoms with Crippen molar-refractivity contribution in [1.82, 2.24) is 4.31 Å². The van der Waals surface area contributed by atoms with E-state index >= 15 is 0 Å². The fourth-order valence-electron chi connectivity index (χ4n) is 3.58. The average Bonchev–Trinajstić information content (AvgIpc) is 3.47. The number of nitrogens with zero attached hydrogens (tertiary/aromatic N) is 2. The van der Waals surface area contributed by atoms with Gasteiger partial charge in [-0.05, 0) is 55.3 Å². The predicted octanol–water partition coefficient (Wildman–Crippen LogP) is 4.33. The van der Waals surface area contributed by atoms with Crippen LogP contribution in [0.3, 0.4) is 0 Å². The Kier molecular flexibility index (Phi) is 6.07. The van der Waals surface area contributed by atoms with E-state index < -0.39 is 38.3 Å². The van der Waals surface area contributed by atoms with Gasteiger partial charge in [0.1, 0.15) is 28.1 Å². The molecule has 1 amide bonds. The summed E-state index contributed by atoms with van der Waals surface area (Å²) < 4.78 is 74.5. The van der Waals surface area contributed by atoms with E-state index in [-0.39, 0.29) is 30.9 Å². The lowest BCUT2D eigenvalue weighted by Crippen LogP contribution is -2.32. The molecular formula is C22H19F3N2O4S. The number of furan rings is 1. The molecule has 2 heterocycles. The molecule has 4 rings (SSSR count). The number of hydrogen-bond donors (Lipinski definition) is 0. The summed E-state index contributed by atoms with van der Waals surface area (Å²) in [5.74, 6) is -3.28. The third kappa shape index (κ3) is 4.28. The number of rotatable bonds is 6. The lowest BCUT2D eigenvalue weighted by atomic mass is 10.1. The van der Waals surface area contributed by atoms with Gasteiger partial charge < -0.3 is 4.42 Å². The normalized spacial score (nSPS) is 14.6. The molecule has 0 saturated carbocycles. The molecule has 1 fully saturated rings. The summed E-state index contributed by atoms with van der Waals surface area (Å²) >= 11 is 0. The van der Waals surface area contributed by atoms with Crippen LogP contribution in [0, 0.1) is 17.5 Å². The molecule has 1 aliphatic heterocycles. The first kappa shape index (κ1) is 22.1. The molecular weight excluding hydrogens is 445 g/mol. The first-order valence-corrected chi connectivity index (χ1v) is 11.3. The standard InChI is InChI=1S/C22H19F3N2O4S/c23-16-6-8-20(19(25)13-16)27(14-17-4-3-11-31-17)22(28)15-5-7-18(24)21(12-15)32(29,30)26-9-1-2-10-26/h3-8,11-13H,1-2,9-10,14H2. The largest absolute Gasteiger partial charge is 0.467 e. The molecule has 32 heavy (non-hydrogen) atoms. The zero-order chi connectivity index (χ0) is 22.9. The zero-order valence-corrected chi connectivity index (χ0v) is 17.6. The summed E-state index contributed by atoms with van der Waals surface area (Å²) in [5.41, 5.74) is -0.402. The second kappa shape index (κ2) is 8.79. The van der Waals surface area contributed by atoms with Crippen molar-refractivity contribution in [3.63, 3.8) is 0 Å². The molecule has 6 nitrogen and oxygen atoms in total. The molecule has 3 aromatic rings. The van der Waals surface area contributed by atoms with Crippen LogP contribution in [0.15, 0.2) is 64.1 Å². The summed E-state index contributed by atoms with van der Waals surface area (Å²) in [7, 11) is -4.13. The van der Waals surface area contributed by atoms with E-state index in [1.807, 2.05) is 0 Å². The molecule has 0 unspecified atom stereocenters. The number of anilines is 1. The Labute approximate surface area is 182 Å². The van der Waals surface area contributed by atoms with Crippen molar-refractivity contribution in [1.29, 1.82) is 0 Å². The maximum absolute atomic E-state index is 14.5. The predicted molar refractivity (Wildman–Crippen MR) is 110 cm³/mol. The highest BCUT2D eigenvalue weighted by atomic mass is 32.2. The fraction of sp³-hybridized carbons (Fsp3) is 0.227. The molecule has 10 heteroatoms. The van der Waals surface area contributed by atoms with Crippen molar-refractivity contribution in [2.24, 2.45) is 0 Å². The number of carbonyl (C=O) groups is 1. The van der Waals surface area contributed by atoms with Gasteiger partial charge in [-0.2, -0.15) is 4.31 Å². The third-order valence-corrected chi connectivity index (χ3v) is 7.11. The van der Waals surface area contributed by atoms with Crippen molar-refractivity contribution < 1.29 is 30.8 Å². The lowest BCUT2D eigenvalue weighted by Gasteiger charge is -2.23. The van der Waals surface area contributed by atoms with Crippen LogP contribution in [-0.2, 0) is 16.6 Å². The molecule has 0 bridgehead atoms. The van der Waals surface area contributed by atoms with Gasteiger partial charge in [0.05, 0.1) is 18.5 Å². The van der Waals surface area contributed by atoms with Gasteiger partial charge >= 0.3 is 0 Å². The van der Waals surface area contributed by atoms with Crippen molar-refractivity contribution in [3.8, 4) is 0 Å². The molecule has 2 aromatic carbocycles. The Morgan fingerprint density at radius 3 is 2.41 bits per heavy atom. The molecule has 1 aliphatic rings. The molecule has 1 saturated heterocycles. The van der Waals surface area contributed by atoms with E-state index in [0.29, 0.717) is 24.7 Å². The van der Waals surface area contributed by atoms with Gasteiger partial charge in [-0.25, -0.2) is 21.6 Å². The summed E-state index contributed by atoms with van der Waals surface area (Å²) in [4.78, 5) is 13.7. The third-order valence-electron chi connectivity index (χ3n) is 5.20. The monoisotopic (exact) mass is 464 g/mol. The number of hydrogen-bond acceptors (Lipinski definition) is 4. The van der Waals surface area contributed by atoms with Crippen molar-refractivity contribution in [2.45, 2.75) is 24.3 Å². The minimum atomic E-state index is -4.13. The van der Waals surface area contributed by atoms with Crippen LogP contribution in [0.4, 0.5) is 18.9 Å². The fourth-order valence-corrected chi connectivity index (χ4v) is 5.19. The summed E-state index contributed by atoms with van der Waals surface area (Å²) in [6.07, 6.45) is 2.71. The quantitative estimate of drug-likeness (QED) is 0.545. The number of halogens is 3. The topological polar surface area (TPSA) is 70.8 Å². The SMILES string of the molecule is O=C(c1ccc(F)c(S(=O)(=O)N2CCCC2)c1)N(Cc1ccco1)c1ccc(F)cc1F. The van der Waals surface area contributed by atoms with Gasteiger partial charge in [-0.3, -0.25) is 9.69 Å². The highest BCUT2D eigenvalue weighted by Crippen LogP contribution is 2.28. The highest BCUT2D eigenvalue weighted by Gasteiger charge is 2.31. The van der Waals surface area contributed by atoms with E-state index in [4.69, 9.17) is 4.42 Å². The maximum atomic E-state index is 14.5. The van der Waals surface area contributed by atoms with Gasteiger partial charge in [0.2, 0.25) is 10.0 Å². The van der Waals surface area contributed by atoms with Crippen LogP contribution < -0.4 is 4.90 Å². The van der Waals surface area contributed by atoms with Crippen LogP contribution in [0.2, 0.25) is 0 Å². The van der Waals surface area contributed by atoms with Crippen LogP contribution in [0.1, 0.15) is 29.0 Å². The number of carbonyl (C=O) groups excluding carboxylic acids is 1. The minimum absolute atomic E-state index is 0.167. The smallest absolute Gasteiger partial charge is 0.258 e. The lowest BCUT2D eigenvalue weighted by molar-refractivity contribution is 0.0982. The highest BCUT2D eigenvalue weighted by molar-refractivity contribution is 7.89. The zero-order valence-electron chi connectivity index (χ0n) is 16.8. The minimum Gasteiger partial charge on any atom is -0.467 e. The first-order chi connectivity index (χ1) is 15.3. The molecule has 0 radical (unpaired) electrons. The Hall–Kier alpha value is -3.11. The van der Waals surface area contributed by atoms with E-state index in [9.17, 15) is 26.4 Å². The molecule has 168 valence electrons.